The van der Waals surface area contributed by atoms with Gasteiger partial charge in [0.2, 0.25) is 0 Å². The van der Waals surface area contributed by atoms with E-state index in [0.717, 1.165) is 18.8 Å². The van der Waals surface area contributed by atoms with Crippen LogP contribution in [0.2, 0.25) is 0 Å². The Kier molecular flexibility index (Phi) is 4.57. The van der Waals surface area contributed by atoms with Crippen LogP contribution < -0.4 is 0 Å². The van der Waals surface area contributed by atoms with Gasteiger partial charge < -0.3 is 0 Å². The normalized spacial score (nSPS) is 19.4. The van der Waals surface area contributed by atoms with E-state index in [1.807, 2.05) is 20.2 Å². The molecule has 0 aromatic carbocycles. The van der Waals surface area contributed by atoms with Gasteiger partial charge >= 0.3 is 0 Å². The van der Waals surface area contributed by atoms with E-state index < -0.39 is 0 Å². The average Bonchev–Trinajstić information content (AvgIpc) is 3.01. The highest BCUT2D eigenvalue weighted by Crippen LogP contribution is 2.32. The Bertz CT molecular complexity index is 257. The molecule has 0 spiro atoms. The summed E-state index contributed by atoms with van der Waals surface area (Å²) in [6.45, 7) is 4.10. The van der Waals surface area contributed by atoms with Crippen molar-refractivity contribution in [2.45, 2.75) is 39.5 Å². The first kappa shape index (κ1) is 11.2. The van der Waals surface area contributed by atoms with Gasteiger partial charge in [0, 0.05) is 31.1 Å². The highest BCUT2D eigenvalue weighted by atomic mass is 14.7. The molecule has 0 saturated heterocycles. The van der Waals surface area contributed by atoms with Crippen molar-refractivity contribution in [3.63, 3.8) is 0 Å². The molecular weight excluding hydrogens is 172 g/mol. The van der Waals surface area contributed by atoms with Crippen molar-refractivity contribution in [1.29, 1.82) is 0 Å². The smallest absolute Gasteiger partial charge is 0.0360 e. The van der Waals surface area contributed by atoms with Gasteiger partial charge in [-0.05, 0) is 32.1 Å². The van der Waals surface area contributed by atoms with E-state index in [9.17, 15) is 0 Å². The second-order valence-corrected chi connectivity index (χ2v) is 3.63. The molecule has 1 fully saturated rings. The first-order valence-electron chi connectivity index (χ1n) is 5.45. The standard InChI is InChI=1S/C12H20N2/c1-4-11(14-5-2)8-9-12(13-3)10-6-7-10/h5,8,10H,4,6-7,9H2,1-3H3/b11-8-,13-12?,14-5?. The van der Waals surface area contributed by atoms with Gasteiger partial charge in [0.1, 0.15) is 0 Å². The van der Waals surface area contributed by atoms with Gasteiger partial charge in [-0.1, -0.05) is 13.0 Å². The number of hydrogen-bond donors (Lipinski definition) is 0. The van der Waals surface area contributed by atoms with E-state index >= 15 is 0 Å². The highest BCUT2D eigenvalue weighted by Gasteiger charge is 2.25. The predicted molar refractivity (Wildman–Crippen MR) is 63.2 cm³/mol. The van der Waals surface area contributed by atoms with E-state index in [1.54, 1.807) is 0 Å². The molecule has 1 aliphatic carbocycles. The highest BCUT2D eigenvalue weighted by molar-refractivity contribution is 5.89. The first-order chi connectivity index (χ1) is 6.81. The van der Waals surface area contributed by atoms with Crippen molar-refractivity contribution in [2.24, 2.45) is 15.9 Å². The van der Waals surface area contributed by atoms with E-state index in [0.29, 0.717) is 0 Å². The number of rotatable bonds is 5. The molecule has 0 radical (unpaired) electrons. The molecule has 2 nitrogen and oxygen atoms in total. The molecule has 1 aliphatic rings. The van der Waals surface area contributed by atoms with Crippen LogP contribution in [0, 0.1) is 5.92 Å². The molecule has 0 bridgehead atoms. The van der Waals surface area contributed by atoms with E-state index in [-0.39, 0.29) is 0 Å². The molecule has 0 atom stereocenters. The van der Waals surface area contributed by atoms with Crippen LogP contribution in [0.5, 0.6) is 0 Å². The second-order valence-electron chi connectivity index (χ2n) is 3.63. The van der Waals surface area contributed by atoms with Gasteiger partial charge in [-0.15, -0.1) is 0 Å². The van der Waals surface area contributed by atoms with Crippen molar-refractivity contribution in [1.82, 2.24) is 0 Å². The third-order valence-electron chi connectivity index (χ3n) is 2.54. The lowest BCUT2D eigenvalue weighted by atomic mass is 10.1. The fraction of sp³-hybridized carbons (Fsp3) is 0.667. The fourth-order valence-corrected chi connectivity index (χ4v) is 1.53. The second kappa shape index (κ2) is 5.74. The Balaban J connectivity index is 2.49. The van der Waals surface area contributed by atoms with Crippen LogP contribution in [0.1, 0.15) is 39.5 Å². The van der Waals surface area contributed by atoms with Crippen molar-refractivity contribution >= 4 is 11.9 Å². The maximum atomic E-state index is 4.34. The topological polar surface area (TPSA) is 24.7 Å². The Morgan fingerprint density at radius 2 is 2.14 bits per heavy atom. The van der Waals surface area contributed by atoms with Crippen LogP contribution in [-0.2, 0) is 0 Å². The minimum Gasteiger partial charge on any atom is -0.297 e. The minimum atomic E-state index is 0.778. The SMILES string of the molecule is CC=N/C(=C\CC(=NC)C1CC1)CC. The number of hydrogen-bond acceptors (Lipinski definition) is 2. The Morgan fingerprint density at radius 3 is 2.57 bits per heavy atom. The van der Waals surface area contributed by atoms with Crippen LogP contribution in [0.3, 0.4) is 0 Å². The molecule has 0 aromatic rings. The van der Waals surface area contributed by atoms with E-state index in [2.05, 4.69) is 23.0 Å². The molecule has 0 N–H and O–H groups in total. The third kappa shape index (κ3) is 3.44. The zero-order chi connectivity index (χ0) is 10.4. The summed E-state index contributed by atoms with van der Waals surface area (Å²) in [6.07, 6.45) is 8.72. The quantitative estimate of drug-likeness (QED) is 0.597. The van der Waals surface area contributed by atoms with Crippen molar-refractivity contribution in [3.05, 3.63) is 11.8 Å². The molecule has 0 heterocycles. The van der Waals surface area contributed by atoms with Gasteiger partial charge in [-0.3, -0.25) is 9.98 Å². The lowest BCUT2D eigenvalue weighted by Gasteiger charge is -2.00. The Hall–Kier alpha value is -0.920. The summed E-state index contributed by atoms with van der Waals surface area (Å²) >= 11 is 0. The van der Waals surface area contributed by atoms with Crippen molar-refractivity contribution in [3.8, 4) is 0 Å². The zero-order valence-electron chi connectivity index (χ0n) is 9.45. The molecule has 78 valence electrons. The molecule has 0 amide bonds. The maximum Gasteiger partial charge on any atom is 0.0360 e. The summed E-state index contributed by atoms with van der Waals surface area (Å²) in [5, 5.41) is 0. The molecule has 0 aromatic heterocycles. The lowest BCUT2D eigenvalue weighted by molar-refractivity contribution is 1.04. The Morgan fingerprint density at radius 1 is 1.43 bits per heavy atom. The molecule has 0 unspecified atom stereocenters. The van der Waals surface area contributed by atoms with Crippen LogP contribution in [0.4, 0.5) is 0 Å². The van der Waals surface area contributed by atoms with E-state index in [1.165, 1.54) is 24.3 Å². The monoisotopic (exact) mass is 192 g/mol. The van der Waals surface area contributed by atoms with Crippen molar-refractivity contribution < 1.29 is 0 Å². The van der Waals surface area contributed by atoms with Gasteiger partial charge in [-0.2, -0.15) is 0 Å². The average molecular weight is 192 g/mol. The summed E-state index contributed by atoms with van der Waals surface area (Å²) in [5.41, 5.74) is 2.52. The largest absolute Gasteiger partial charge is 0.297 e. The molecule has 14 heavy (non-hydrogen) atoms. The third-order valence-corrected chi connectivity index (χ3v) is 2.54. The van der Waals surface area contributed by atoms with Gasteiger partial charge in [-0.25, -0.2) is 0 Å². The molecule has 0 aliphatic heterocycles. The van der Waals surface area contributed by atoms with Crippen LogP contribution in [0.25, 0.3) is 0 Å². The maximum absolute atomic E-state index is 4.34. The van der Waals surface area contributed by atoms with Gasteiger partial charge in [0.25, 0.3) is 0 Å². The van der Waals surface area contributed by atoms with Crippen molar-refractivity contribution in [2.75, 3.05) is 7.05 Å². The van der Waals surface area contributed by atoms with Crippen LogP contribution >= 0.6 is 0 Å². The zero-order valence-corrected chi connectivity index (χ0v) is 9.45. The minimum absolute atomic E-state index is 0.778. The summed E-state index contributed by atoms with van der Waals surface area (Å²) in [6, 6.07) is 0. The van der Waals surface area contributed by atoms with E-state index in [4.69, 9.17) is 0 Å². The predicted octanol–water partition coefficient (Wildman–Crippen LogP) is 3.24. The summed E-state index contributed by atoms with van der Waals surface area (Å²) in [4.78, 5) is 8.65. The lowest BCUT2D eigenvalue weighted by Crippen LogP contribution is -1.99. The summed E-state index contributed by atoms with van der Waals surface area (Å²) in [7, 11) is 1.90. The number of aliphatic imine (C=N–C) groups is 2. The molecule has 2 heteroatoms. The van der Waals surface area contributed by atoms with Gasteiger partial charge in [0.15, 0.2) is 0 Å². The van der Waals surface area contributed by atoms with Gasteiger partial charge in [0.05, 0.1) is 0 Å². The first-order valence-corrected chi connectivity index (χ1v) is 5.45. The van der Waals surface area contributed by atoms with Crippen LogP contribution in [-0.4, -0.2) is 19.0 Å². The molecule has 1 rings (SSSR count). The summed E-state index contributed by atoms with van der Waals surface area (Å²) < 4.78 is 0. The number of allylic oxidation sites excluding steroid dienone is 2. The Labute approximate surface area is 86.8 Å². The summed E-state index contributed by atoms with van der Waals surface area (Å²) in [5.74, 6) is 0.778. The fourth-order valence-electron chi connectivity index (χ4n) is 1.53. The number of nitrogens with zero attached hydrogens (tertiary/aromatic N) is 2. The van der Waals surface area contributed by atoms with Crippen LogP contribution in [0.15, 0.2) is 21.8 Å². The molecular formula is C12H20N2. The molecule has 1 saturated carbocycles.